The van der Waals surface area contributed by atoms with Crippen molar-refractivity contribution in [1.29, 1.82) is 0 Å². The van der Waals surface area contributed by atoms with E-state index in [2.05, 4.69) is 0 Å². The lowest BCUT2D eigenvalue weighted by atomic mass is 9.86. The maximum atomic E-state index is 11.5. The third-order valence-corrected chi connectivity index (χ3v) is 4.94. The van der Waals surface area contributed by atoms with Crippen molar-refractivity contribution in [3.05, 3.63) is 34.8 Å². The summed E-state index contributed by atoms with van der Waals surface area (Å²) in [5.41, 5.74) is 9.64. The number of likely N-dealkylation sites (N-methyl/N-ethyl adjacent to an activating group) is 1. The molecule has 2 atom stereocenters. The second-order valence-corrected chi connectivity index (χ2v) is 6.71. The number of methoxy groups -OCH3 is 1. The number of hydrogen-bond acceptors (Lipinski definition) is 8. The van der Waals surface area contributed by atoms with E-state index >= 15 is 0 Å². The van der Waals surface area contributed by atoms with Crippen molar-refractivity contribution in [2.45, 2.75) is 44.6 Å². The van der Waals surface area contributed by atoms with E-state index in [0.717, 1.165) is 30.5 Å². The lowest BCUT2D eigenvalue weighted by molar-refractivity contribution is -0.144. The monoisotopic (exact) mass is 378 g/mol. The molecule has 2 unspecified atom stereocenters. The molecule has 0 spiro atoms. The zero-order valence-electron chi connectivity index (χ0n) is 16.3. The summed E-state index contributed by atoms with van der Waals surface area (Å²) in [4.78, 5) is 16.3. The normalized spacial score (nSPS) is 20.8. The molecule has 1 aliphatic rings. The van der Waals surface area contributed by atoms with E-state index in [9.17, 15) is 9.90 Å². The summed E-state index contributed by atoms with van der Waals surface area (Å²) in [6.45, 7) is 2.38. The summed E-state index contributed by atoms with van der Waals surface area (Å²) in [7, 11) is 3.01. The number of aliphatic hydroxyl groups is 1. The van der Waals surface area contributed by atoms with Crippen LogP contribution in [0.4, 0.5) is 0 Å². The van der Waals surface area contributed by atoms with Crippen molar-refractivity contribution in [3.63, 3.8) is 0 Å². The lowest BCUT2D eigenvalue weighted by Gasteiger charge is -2.30. The van der Waals surface area contributed by atoms with Crippen LogP contribution in [0.2, 0.25) is 0 Å². The Morgan fingerprint density at radius 1 is 1.48 bits per heavy atom. The summed E-state index contributed by atoms with van der Waals surface area (Å²) in [5.74, 6) is 5.73. The molecule has 8 heteroatoms. The maximum absolute atomic E-state index is 11.5. The van der Waals surface area contributed by atoms with Gasteiger partial charge in [-0.1, -0.05) is 13.0 Å². The molecule has 0 amide bonds. The second kappa shape index (κ2) is 9.68. The summed E-state index contributed by atoms with van der Waals surface area (Å²) in [6, 6.07) is 3.89. The number of aryl methyl sites for hydroxylation is 1. The number of nitrogens with zero attached hydrogens (tertiary/aromatic N) is 2. The molecular weight excluding hydrogens is 348 g/mol. The van der Waals surface area contributed by atoms with E-state index < -0.39 is 0 Å². The first-order valence-electron chi connectivity index (χ1n) is 9.17. The van der Waals surface area contributed by atoms with Crippen molar-refractivity contribution in [3.8, 4) is 0 Å². The molecule has 0 aromatic carbocycles. The van der Waals surface area contributed by atoms with Gasteiger partial charge in [-0.25, -0.2) is 5.84 Å². The Bertz CT molecular complexity index is 690. The lowest BCUT2D eigenvalue weighted by Crippen LogP contribution is -2.30. The van der Waals surface area contributed by atoms with E-state index in [-0.39, 0.29) is 31.0 Å². The molecule has 0 saturated carbocycles. The second-order valence-electron chi connectivity index (χ2n) is 6.71. The highest BCUT2D eigenvalue weighted by Crippen LogP contribution is 2.33. The van der Waals surface area contributed by atoms with Gasteiger partial charge in [0.2, 0.25) is 0 Å². The number of aromatic nitrogens is 1. The largest absolute Gasteiger partial charge is 0.469 e. The van der Waals surface area contributed by atoms with Gasteiger partial charge in [0.25, 0.3) is 0 Å². The van der Waals surface area contributed by atoms with E-state index in [1.807, 2.05) is 19.1 Å². The fraction of sp³-hybridized carbons (Fsp3) is 0.579. The molecule has 1 saturated heterocycles. The number of carbonyl (C=O) groups excluding carboxylic acids is 1. The van der Waals surface area contributed by atoms with Crippen molar-refractivity contribution >= 4 is 11.7 Å². The van der Waals surface area contributed by atoms with Gasteiger partial charge in [-0.05, 0) is 36.8 Å². The van der Waals surface area contributed by atoms with Crippen molar-refractivity contribution in [2.24, 2.45) is 11.6 Å². The number of ether oxygens (including phenoxy) is 2. The summed E-state index contributed by atoms with van der Waals surface area (Å²) in [6.07, 6.45) is 2.50. The number of aliphatic hydroxyl groups excluding tert-OH is 1. The fourth-order valence-electron chi connectivity index (χ4n) is 3.43. The van der Waals surface area contributed by atoms with Gasteiger partial charge in [0.1, 0.15) is 0 Å². The first-order valence-corrected chi connectivity index (χ1v) is 9.17. The number of nitrogens with two attached hydrogens (primary N) is 2. The predicted octanol–water partition coefficient (Wildman–Crippen LogP) is 0.895. The topological polar surface area (TPSA) is 124 Å². The Labute approximate surface area is 160 Å². The average Bonchev–Trinajstić information content (AvgIpc) is 2.67. The summed E-state index contributed by atoms with van der Waals surface area (Å²) in [5, 5.41) is 10.8. The molecule has 1 aromatic heterocycles. The van der Waals surface area contributed by atoms with E-state index in [0.29, 0.717) is 23.7 Å². The molecule has 0 radical (unpaired) electrons. The number of rotatable bonds is 7. The van der Waals surface area contributed by atoms with E-state index in [1.54, 1.807) is 7.05 Å². The van der Waals surface area contributed by atoms with Crippen LogP contribution in [-0.4, -0.2) is 54.5 Å². The number of carbonyl (C=O) groups is 1. The van der Waals surface area contributed by atoms with Gasteiger partial charge in [0.15, 0.2) is 0 Å². The Balaban J connectivity index is 2.27. The van der Waals surface area contributed by atoms with Crippen LogP contribution in [-0.2, 0) is 20.7 Å². The zero-order chi connectivity index (χ0) is 20.0. The Hall–Kier alpha value is -2.16. The number of pyridine rings is 1. The van der Waals surface area contributed by atoms with Crippen LogP contribution in [0.3, 0.4) is 0 Å². The van der Waals surface area contributed by atoms with Crippen LogP contribution in [0.25, 0.3) is 5.70 Å². The molecule has 27 heavy (non-hydrogen) atoms. The van der Waals surface area contributed by atoms with Gasteiger partial charge in [-0.3, -0.25) is 9.78 Å². The Morgan fingerprint density at radius 2 is 2.22 bits per heavy atom. The molecule has 5 N–H and O–H groups in total. The van der Waals surface area contributed by atoms with Gasteiger partial charge >= 0.3 is 5.97 Å². The zero-order valence-corrected chi connectivity index (χ0v) is 16.3. The van der Waals surface area contributed by atoms with Crippen LogP contribution in [0, 0.1) is 0 Å². The van der Waals surface area contributed by atoms with Gasteiger partial charge in [0.05, 0.1) is 43.3 Å². The average molecular weight is 378 g/mol. The van der Waals surface area contributed by atoms with Crippen molar-refractivity contribution < 1.29 is 19.4 Å². The molecule has 0 bridgehead atoms. The van der Waals surface area contributed by atoms with Crippen LogP contribution in [0.15, 0.2) is 17.8 Å². The highest BCUT2D eigenvalue weighted by atomic mass is 16.5. The van der Waals surface area contributed by atoms with Crippen molar-refractivity contribution in [2.75, 3.05) is 27.4 Å². The quantitative estimate of drug-likeness (QED) is 0.363. The van der Waals surface area contributed by atoms with Gasteiger partial charge < -0.3 is 25.3 Å². The van der Waals surface area contributed by atoms with Crippen LogP contribution in [0.5, 0.6) is 0 Å². The fourth-order valence-corrected chi connectivity index (χ4v) is 3.43. The first-order chi connectivity index (χ1) is 12.9. The maximum Gasteiger partial charge on any atom is 0.308 e. The van der Waals surface area contributed by atoms with Crippen LogP contribution >= 0.6 is 0 Å². The smallest absolute Gasteiger partial charge is 0.308 e. The Morgan fingerprint density at radius 3 is 2.81 bits per heavy atom. The highest BCUT2D eigenvalue weighted by molar-refractivity contribution is 5.69. The molecule has 0 aliphatic carbocycles. The van der Waals surface area contributed by atoms with Gasteiger partial charge in [-0.2, -0.15) is 0 Å². The minimum absolute atomic E-state index is 0.141. The minimum Gasteiger partial charge on any atom is -0.469 e. The highest BCUT2D eigenvalue weighted by Gasteiger charge is 2.28. The predicted molar refractivity (Wildman–Crippen MR) is 102 cm³/mol. The van der Waals surface area contributed by atoms with Gasteiger partial charge in [-0.15, -0.1) is 0 Å². The number of hydrogen-bond donors (Lipinski definition) is 3. The third-order valence-electron chi connectivity index (χ3n) is 4.94. The molecule has 150 valence electrons. The molecule has 1 aromatic rings. The van der Waals surface area contributed by atoms with E-state index in [1.165, 1.54) is 12.1 Å². The SMILES string of the molecule is CCc1nc(/C(N)=C(\CO)N(C)N)ccc1C1CCOC(CC(=O)OC)C1. The molecule has 2 heterocycles. The minimum atomic E-state index is -0.265. The van der Waals surface area contributed by atoms with Gasteiger partial charge in [0, 0.05) is 19.3 Å². The van der Waals surface area contributed by atoms with Crippen LogP contribution < -0.4 is 11.6 Å². The number of hydrazine groups is 1. The Kier molecular flexibility index (Phi) is 7.58. The summed E-state index contributed by atoms with van der Waals surface area (Å²) >= 11 is 0. The molecule has 1 fully saturated rings. The molecule has 8 nitrogen and oxygen atoms in total. The van der Waals surface area contributed by atoms with Crippen molar-refractivity contribution in [1.82, 2.24) is 9.99 Å². The number of esters is 1. The first kappa shape index (κ1) is 21.1. The van der Waals surface area contributed by atoms with E-state index in [4.69, 9.17) is 26.0 Å². The standard InChI is InChI=1S/C19H30N4O4/c1-4-15-14(12-7-8-27-13(9-12)10-18(25)26-3)5-6-16(22-15)19(20)17(11-24)23(2)21/h5-6,12-13,24H,4,7-11,20-21H2,1-3H3/b19-17-. The molecular formula is C19H30N4O4. The third kappa shape index (κ3) is 5.18. The molecule has 2 rings (SSSR count). The van der Waals surface area contributed by atoms with Crippen LogP contribution in [0.1, 0.15) is 49.1 Å². The molecule has 1 aliphatic heterocycles. The summed E-state index contributed by atoms with van der Waals surface area (Å²) < 4.78 is 10.5.